The molecule has 20 heavy (non-hydrogen) atoms. The summed E-state index contributed by atoms with van der Waals surface area (Å²) in [6.45, 7) is 2.40. The second kappa shape index (κ2) is 4.49. The Bertz CT molecular complexity index is 624. The van der Waals surface area contributed by atoms with Gasteiger partial charge in [-0.05, 0) is 73.5 Å². The van der Waals surface area contributed by atoms with Gasteiger partial charge in [0.2, 0.25) is 0 Å². The molecule has 1 aromatic carbocycles. The molecule has 0 amide bonds. The quantitative estimate of drug-likeness (QED) is 0.799. The van der Waals surface area contributed by atoms with Gasteiger partial charge < -0.3 is 0 Å². The molecule has 3 aliphatic rings. The summed E-state index contributed by atoms with van der Waals surface area (Å²) >= 11 is 6.32. The molecule has 5 rings (SSSR count). The Labute approximate surface area is 124 Å². The molecule has 0 unspecified atom stereocenters. The standard InChI is InChI=1S/C17H21ClN2/c1-11(17-5-2-12(3-6-17)4-7-17)15-9-14(18)8-13-10-19-20-16(13)15/h8-12H,2-7H2,1H3,(H,19,20)/t11-,12?,17?/m0/s1. The van der Waals surface area contributed by atoms with Crippen molar-refractivity contribution in [1.29, 1.82) is 0 Å². The molecule has 0 saturated heterocycles. The Balaban J connectivity index is 1.80. The number of benzene rings is 1. The van der Waals surface area contributed by atoms with Gasteiger partial charge >= 0.3 is 0 Å². The first-order valence-corrected chi connectivity index (χ1v) is 8.18. The monoisotopic (exact) mass is 288 g/mol. The topological polar surface area (TPSA) is 28.7 Å². The molecule has 2 nitrogen and oxygen atoms in total. The minimum absolute atomic E-state index is 0.497. The van der Waals surface area contributed by atoms with Gasteiger partial charge in [0.25, 0.3) is 0 Å². The highest BCUT2D eigenvalue weighted by molar-refractivity contribution is 6.31. The predicted molar refractivity (Wildman–Crippen MR) is 83.1 cm³/mol. The Morgan fingerprint density at radius 3 is 2.65 bits per heavy atom. The van der Waals surface area contributed by atoms with Crippen molar-refractivity contribution >= 4 is 22.5 Å². The first kappa shape index (κ1) is 12.7. The second-order valence-electron chi connectivity index (χ2n) is 6.90. The highest BCUT2D eigenvalue weighted by Crippen LogP contribution is 2.57. The maximum absolute atomic E-state index is 6.32. The van der Waals surface area contributed by atoms with Gasteiger partial charge in [0.05, 0.1) is 11.7 Å². The molecule has 1 aromatic heterocycles. The molecule has 0 radical (unpaired) electrons. The number of aromatic amines is 1. The molecule has 106 valence electrons. The smallest absolute Gasteiger partial charge is 0.0686 e. The predicted octanol–water partition coefficient (Wildman–Crippen LogP) is 5.29. The molecule has 1 heterocycles. The Morgan fingerprint density at radius 2 is 1.95 bits per heavy atom. The van der Waals surface area contributed by atoms with E-state index < -0.39 is 0 Å². The van der Waals surface area contributed by atoms with Crippen molar-refractivity contribution in [2.75, 3.05) is 0 Å². The largest absolute Gasteiger partial charge is 0.278 e. The van der Waals surface area contributed by atoms with E-state index in [2.05, 4.69) is 23.2 Å². The Kier molecular flexibility index (Phi) is 2.85. The van der Waals surface area contributed by atoms with E-state index in [0.29, 0.717) is 11.3 Å². The average molecular weight is 289 g/mol. The van der Waals surface area contributed by atoms with E-state index in [4.69, 9.17) is 11.6 Å². The van der Waals surface area contributed by atoms with Crippen LogP contribution in [0.25, 0.3) is 10.9 Å². The van der Waals surface area contributed by atoms with Crippen molar-refractivity contribution in [2.45, 2.75) is 51.4 Å². The Morgan fingerprint density at radius 1 is 1.25 bits per heavy atom. The van der Waals surface area contributed by atoms with Crippen LogP contribution in [0.2, 0.25) is 5.02 Å². The lowest BCUT2D eigenvalue weighted by Gasteiger charge is -2.50. The third kappa shape index (κ3) is 1.81. The van der Waals surface area contributed by atoms with Crippen LogP contribution in [0, 0.1) is 11.3 Å². The summed E-state index contributed by atoms with van der Waals surface area (Å²) in [4.78, 5) is 0. The van der Waals surface area contributed by atoms with Gasteiger partial charge in [-0.25, -0.2) is 0 Å². The van der Waals surface area contributed by atoms with Crippen LogP contribution in [0.3, 0.4) is 0 Å². The molecular formula is C17H21ClN2. The number of H-pyrrole nitrogens is 1. The lowest BCUT2D eigenvalue weighted by atomic mass is 9.55. The third-order valence-electron chi connectivity index (χ3n) is 6.08. The lowest BCUT2D eigenvalue weighted by molar-refractivity contribution is 0.0434. The molecular weight excluding hydrogens is 268 g/mol. The van der Waals surface area contributed by atoms with Crippen LogP contribution in [0.5, 0.6) is 0 Å². The fourth-order valence-electron chi connectivity index (χ4n) is 4.65. The number of nitrogens with zero attached hydrogens (tertiary/aromatic N) is 1. The highest BCUT2D eigenvalue weighted by atomic mass is 35.5. The second-order valence-corrected chi connectivity index (χ2v) is 7.33. The molecule has 0 aliphatic heterocycles. The van der Waals surface area contributed by atoms with Crippen LogP contribution in [0.4, 0.5) is 0 Å². The molecule has 1 N–H and O–H groups in total. The van der Waals surface area contributed by atoms with Crippen molar-refractivity contribution < 1.29 is 0 Å². The third-order valence-corrected chi connectivity index (χ3v) is 6.30. The number of aromatic nitrogens is 2. The summed E-state index contributed by atoms with van der Waals surface area (Å²) in [5.74, 6) is 1.57. The van der Waals surface area contributed by atoms with Crippen molar-refractivity contribution in [3.05, 3.63) is 28.9 Å². The molecule has 3 heteroatoms. The van der Waals surface area contributed by atoms with Gasteiger partial charge in [-0.15, -0.1) is 0 Å². The lowest BCUT2D eigenvalue weighted by Crippen LogP contribution is -2.38. The molecule has 3 fully saturated rings. The number of rotatable bonds is 2. The number of halogens is 1. The number of hydrogen-bond donors (Lipinski definition) is 1. The SMILES string of the molecule is C[C@@H](c1cc(Cl)cc2cn[nH]c12)C12CCC(CC1)CC2. The van der Waals surface area contributed by atoms with E-state index in [-0.39, 0.29) is 0 Å². The summed E-state index contributed by atoms with van der Waals surface area (Å²) in [5, 5.41) is 9.36. The first-order valence-electron chi connectivity index (χ1n) is 7.80. The Hall–Kier alpha value is -1.02. The van der Waals surface area contributed by atoms with Crippen molar-refractivity contribution in [3.63, 3.8) is 0 Å². The minimum atomic E-state index is 0.497. The summed E-state index contributed by atoms with van der Waals surface area (Å²) in [7, 11) is 0. The zero-order valence-electron chi connectivity index (χ0n) is 12.0. The summed E-state index contributed by atoms with van der Waals surface area (Å²) in [6, 6.07) is 4.16. The normalized spacial score (nSPS) is 30.8. The van der Waals surface area contributed by atoms with Crippen LogP contribution in [0.15, 0.2) is 18.3 Å². The molecule has 2 bridgehead atoms. The molecule has 1 atom stereocenters. The van der Waals surface area contributed by atoms with E-state index >= 15 is 0 Å². The van der Waals surface area contributed by atoms with Crippen molar-refractivity contribution in [1.82, 2.24) is 10.2 Å². The number of nitrogens with one attached hydrogen (secondary N) is 1. The van der Waals surface area contributed by atoms with Gasteiger partial charge in [0.15, 0.2) is 0 Å². The molecule has 3 aliphatic carbocycles. The molecule has 0 spiro atoms. The fourth-order valence-corrected chi connectivity index (χ4v) is 4.89. The van der Waals surface area contributed by atoms with E-state index in [9.17, 15) is 0 Å². The molecule has 2 aromatic rings. The van der Waals surface area contributed by atoms with Crippen LogP contribution >= 0.6 is 11.6 Å². The van der Waals surface area contributed by atoms with Crippen molar-refractivity contribution in [2.24, 2.45) is 11.3 Å². The minimum Gasteiger partial charge on any atom is -0.278 e. The van der Waals surface area contributed by atoms with E-state index in [1.807, 2.05) is 12.3 Å². The van der Waals surface area contributed by atoms with Gasteiger partial charge in [-0.1, -0.05) is 18.5 Å². The maximum Gasteiger partial charge on any atom is 0.0686 e. The maximum atomic E-state index is 6.32. The van der Waals surface area contributed by atoms with E-state index in [0.717, 1.165) is 16.3 Å². The first-order chi connectivity index (χ1) is 9.68. The van der Waals surface area contributed by atoms with Crippen LogP contribution < -0.4 is 0 Å². The number of hydrogen-bond acceptors (Lipinski definition) is 1. The average Bonchev–Trinajstić information content (AvgIpc) is 2.95. The van der Waals surface area contributed by atoms with Gasteiger partial charge in [0, 0.05) is 10.4 Å². The highest BCUT2D eigenvalue weighted by Gasteiger charge is 2.44. The zero-order valence-corrected chi connectivity index (χ0v) is 12.7. The van der Waals surface area contributed by atoms with E-state index in [1.54, 1.807) is 0 Å². The van der Waals surface area contributed by atoms with Crippen LogP contribution in [-0.2, 0) is 0 Å². The van der Waals surface area contributed by atoms with Gasteiger partial charge in [0.1, 0.15) is 0 Å². The summed E-state index contributed by atoms with van der Waals surface area (Å²) in [6.07, 6.45) is 10.3. The molecule has 3 saturated carbocycles. The van der Waals surface area contributed by atoms with E-state index in [1.165, 1.54) is 49.6 Å². The summed E-state index contributed by atoms with van der Waals surface area (Å²) < 4.78 is 0. The zero-order chi connectivity index (χ0) is 13.7. The van der Waals surface area contributed by atoms with Crippen LogP contribution in [0.1, 0.15) is 56.9 Å². The van der Waals surface area contributed by atoms with Crippen LogP contribution in [-0.4, -0.2) is 10.2 Å². The van der Waals surface area contributed by atoms with Gasteiger partial charge in [-0.3, -0.25) is 5.10 Å². The van der Waals surface area contributed by atoms with Crippen molar-refractivity contribution in [3.8, 4) is 0 Å². The fraction of sp³-hybridized carbons (Fsp3) is 0.588. The summed E-state index contributed by atoms with van der Waals surface area (Å²) in [5.41, 5.74) is 3.05. The number of fused-ring (bicyclic) bond motifs is 4. The van der Waals surface area contributed by atoms with Gasteiger partial charge in [-0.2, -0.15) is 5.10 Å².